The van der Waals surface area contributed by atoms with E-state index in [-0.39, 0.29) is 5.41 Å². The maximum absolute atomic E-state index is 5.24. The van der Waals surface area contributed by atoms with Crippen LogP contribution in [0.25, 0.3) is 111 Å². The molecule has 0 bridgehead atoms. The molecule has 0 spiro atoms. The van der Waals surface area contributed by atoms with Crippen LogP contribution >= 0.6 is 0 Å². The number of hydrogen-bond donors (Lipinski definition) is 0. The van der Waals surface area contributed by atoms with Crippen LogP contribution in [-0.2, 0) is 5.41 Å². The van der Waals surface area contributed by atoms with Crippen LogP contribution in [0.5, 0.6) is 0 Å². The largest absolute Gasteiger partial charge is 0.208 e. The molecule has 0 saturated heterocycles. The third kappa shape index (κ3) is 5.69. The second kappa shape index (κ2) is 13.7. The summed E-state index contributed by atoms with van der Waals surface area (Å²) >= 11 is 0. The molecule has 11 aromatic rings. The summed E-state index contributed by atoms with van der Waals surface area (Å²) in [5.41, 5.74) is 12.7. The fourth-order valence-electron chi connectivity index (χ4n) is 9.79. The highest BCUT2D eigenvalue weighted by molar-refractivity contribution is 6.22. The maximum Gasteiger partial charge on any atom is 0.164 e. The standard InChI is InChI=1S/C58H39N3/c1-58(2)51-33-44(57-60-55(42-27-25-36-15-9-11-21-40(36)31-42)59-56(61-57)43-28-26-37-16-10-12-22-41(37)32-43)29-30-45(51)48-34-49-50(35-52(48)58)54(39-19-7-4-8-20-39)47-24-14-13-23-46(47)53(49)38-17-5-3-6-18-38/h3-35H,1-2H3. The van der Waals surface area contributed by atoms with Gasteiger partial charge in [-0.25, -0.2) is 15.0 Å². The van der Waals surface area contributed by atoms with Crippen LogP contribution in [0.3, 0.4) is 0 Å². The molecule has 10 aromatic carbocycles. The number of aromatic nitrogens is 3. The van der Waals surface area contributed by atoms with Crippen LogP contribution in [0.2, 0.25) is 0 Å². The predicted octanol–water partition coefficient (Wildman–Crippen LogP) is 15.1. The van der Waals surface area contributed by atoms with E-state index in [1.807, 2.05) is 0 Å². The van der Waals surface area contributed by atoms with Crippen LogP contribution in [0.4, 0.5) is 0 Å². The minimum Gasteiger partial charge on any atom is -0.208 e. The third-order valence-corrected chi connectivity index (χ3v) is 12.9. The molecule has 0 amide bonds. The van der Waals surface area contributed by atoms with Gasteiger partial charge in [-0.15, -0.1) is 0 Å². The van der Waals surface area contributed by atoms with E-state index in [0.29, 0.717) is 17.5 Å². The Morgan fingerprint density at radius 2 is 0.705 bits per heavy atom. The normalized spacial score (nSPS) is 12.9. The monoisotopic (exact) mass is 777 g/mol. The highest BCUT2D eigenvalue weighted by Crippen LogP contribution is 2.54. The molecule has 0 aliphatic heterocycles. The van der Waals surface area contributed by atoms with Gasteiger partial charge in [0.1, 0.15) is 0 Å². The molecule has 3 nitrogen and oxygen atoms in total. The molecule has 1 aliphatic rings. The van der Waals surface area contributed by atoms with E-state index < -0.39 is 0 Å². The summed E-state index contributed by atoms with van der Waals surface area (Å²) in [7, 11) is 0. The lowest BCUT2D eigenvalue weighted by molar-refractivity contribution is 0.661. The minimum absolute atomic E-state index is 0.295. The Morgan fingerprint density at radius 1 is 0.295 bits per heavy atom. The molecule has 0 saturated carbocycles. The molecule has 61 heavy (non-hydrogen) atoms. The van der Waals surface area contributed by atoms with Crippen molar-refractivity contribution >= 4 is 43.1 Å². The van der Waals surface area contributed by atoms with Crippen molar-refractivity contribution in [2.24, 2.45) is 0 Å². The average molecular weight is 778 g/mol. The second-order valence-corrected chi connectivity index (χ2v) is 16.8. The van der Waals surface area contributed by atoms with Crippen LogP contribution in [0, 0.1) is 0 Å². The van der Waals surface area contributed by atoms with Gasteiger partial charge in [0.25, 0.3) is 0 Å². The first-order valence-corrected chi connectivity index (χ1v) is 21.0. The van der Waals surface area contributed by atoms with Gasteiger partial charge in [0.05, 0.1) is 0 Å². The van der Waals surface area contributed by atoms with Crippen LogP contribution in [0.15, 0.2) is 200 Å². The first kappa shape index (κ1) is 35.2. The van der Waals surface area contributed by atoms with Gasteiger partial charge in [-0.1, -0.05) is 184 Å². The Labute approximate surface area is 354 Å². The summed E-state index contributed by atoms with van der Waals surface area (Å²) in [5, 5.41) is 9.71. The van der Waals surface area contributed by atoms with Gasteiger partial charge in [-0.3, -0.25) is 0 Å². The van der Waals surface area contributed by atoms with Gasteiger partial charge >= 0.3 is 0 Å². The number of hydrogen-bond acceptors (Lipinski definition) is 3. The van der Waals surface area contributed by atoms with Gasteiger partial charge in [0.2, 0.25) is 0 Å². The summed E-state index contributed by atoms with van der Waals surface area (Å²) in [6, 6.07) is 72.2. The molecule has 12 rings (SSSR count). The number of rotatable bonds is 5. The van der Waals surface area contributed by atoms with E-state index >= 15 is 0 Å². The van der Waals surface area contributed by atoms with Crippen molar-refractivity contribution in [2.45, 2.75) is 19.3 Å². The van der Waals surface area contributed by atoms with Crippen molar-refractivity contribution in [3.8, 4) is 67.5 Å². The van der Waals surface area contributed by atoms with Crippen molar-refractivity contribution in [3.05, 3.63) is 211 Å². The summed E-state index contributed by atoms with van der Waals surface area (Å²) in [5.74, 6) is 1.97. The number of nitrogens with zero attached hydrogens (tertiary/aromatic N) is 3. The summed E-state index contributed by atoms with van der Waals surface area (Å²) < 4.78 is 0. The van der Waals surface area contributed by atoms with Crippen LogP contribution in [0.1, 0.15) is 25.0 Å². The van der Waals surface area contributed by atoms with E-state index in [1.165, 1.54) is 76.8 Å². The van der Waals surface area contributed by atoms with Crippen molar-refractivity contribution in [1.29, 1.82) is 0 Å². The molecular formula is C58H39N3. The molecule has 0 unspecified atom stereocenters. The zero-order chi connectivity index (χ0) is 40.7. The SMILES string of the molecule is CC1(C)c2cc(-c3nc(-c4ccc5ccccc5c4)nc(-c4ccc5ccccc5c4)n3)ccc2-c2cc3c(-c4ccccc4)c4ccccc4c(-c4ccccc4)c3cc21. The Hall–Kier alpha value is -7.75. The molecule has 0 N–H and O–H groups in total. The molecule has 1 aromatic heterocycles. The molecular weight excluding hydrogens is 739 g/mol. The predicted molar refractivity (Wildman–Crippen MR) is 255 cm³/mol. The zero-order valence-electron chi connectivity index (χ0n) is 33.9. The molecule has 1 heterocycles. The summed E-state index contributed by atoms with van der Waals surface area (Å²) in [6.45, 7) is 4.73. The Balaban J connectivity index is 1.07. The minimum atomic E-state index is -0.295. The number of fused-ring (bicyclic) bond motifs is 7. The van der Waals surface area contributed by atoms with Crippen molar-refractivity contribution in [3.63, 3.8) is 0 Å². The first-order valence-electron chi connectivity index (χ1n) is 21.0. The fourth-order valence-corrected chi connectivity index (χ4v) is 9.79. The van der Waals surface area contributed by atoms with Gasteiger partial charge in [-0.2, -0.15) is 0 Å². The van der Waals surface area contributed by atoms with Gasteiger partial charge in [0.15, 0.2) is 17.5 Å². The van der Waals surface area contributed by atoms with Gasteiger partial charge < -0.3 is 0 Å². The zero-order valence-corrected chi connectivity index (χ0v) is 33.9. The Morgan fingerprint density at radius 3 is 1.23 bits per heavy atom. The average Bonchev–Trinajstić information content (AvgIpc) is 3.54. The number of benzene rings is 10. The Bertz CT molecular complexity index is 3450. The molecule has 0 fully saturated rings. The maximum atomic E-state index is 5.24. The first-order chi connectivity index (χ1) is 30.0. The van der Waals surface area contributed by atoms with E-state index in [1.54, 1.807) is 0 Å². The van der Waals surface area contributed by atoms with Gasteiger partial charge in [0, 0.05) is 22.1 Å². The lowest BCUT2D eigenvalue weighted by Crippen LogP contribution is -2.15. The van der Waals surface area contributed by atoms with E-state index in [9.17, 15) is 0 Å². The molecule has 1 aliphatic carbocycles. The Kier molecular flexibility index (Phi) is 7.88. The highest BCUT2D eigenvalue weighted by Gasteiger charge is 2.37. The quantitative estimate of drug-likeness (QED) is 0.163. The van der Waals surface area contributed by atoms with E-state index in [2.05, 4.69) is 214 Å². The summed E-state index contributed by atoms with van der Waals surface area (Å²) in [6.07, 6.45) is 0. The third-order valence-electron chi connectivity index (χ3n) is 12.9. The lowest BCUT2D eigenvalue weighted by Gasteiger charge is -2.24. The van der Waals surface area contributed by atoms with Crippen LogP contribution in [-0.4, -0.2) is 15.0 Å². The van der Waals surface area contributed by atoms with Gasteiger partial charge in [-0.05, 0) is 118 Å². The highest BCUT2D eigenvalue weighted by atomic mass is 15.0. The second-order valence-electron chi connectivity index (χ2n) is 16.8. The topological polar surface area (TPSA) is 38.7 Å². The van der Waals surface area contributed by atoms with Crippen molar-refractivity contribution in [2.75, 3.05) is 0 Å². The van der Waals surface area contributed by atoms with Crippen molar-refractivity contribution in [1.82, 2.24) is 15.0 Å². The van der Waals surface area contributed by atoms with E-state index in [0.717, 1.165) is 27.5 Å². The van der Waals surface area contributed by atoms with Crippen LogP contribution < -0.4 is 0 Å². The smallest absolute Gasteiger partial charge is 0.164 e. The summed E-state index contributed by atoms with van der Waals surface area (Å²) in [4.78, 5) is 15.6. The lowest BCUT2D eigenvalue weighted by atomic mass is 9.79. The van der Waals surface area contributed by atoms with E-state index in [4.69, 9.17) is 15.0 Å². The fraction of sp³-hybridized carbons (Fsp3) is 0.0517. The molecule has 0 atom stereocenters. The molecule has 0 radical (unpaired) electrons. The molecule has 286 valence electrons. The van der Waals surface area contributed by atoms with Crippen molar-refractivity contribution < 1.29 is 0 Å². The molecule has 3 heteroatoms.